The summed E-state index contributed by atoms with van der Waals surface area (Å²) in [6, 6.07) is 91.5. The number of aromatic nitrogens is 2. The second-order valence-electron chi connectivity index (χ2n) is 16.6. The Balaban J connectivity index is 1.08. The largest absolute Gasteiger partial charge is 0.246 e. The minimum atomic E-state index is -0.809. The fourth-order valence-corrected chi connectivity index (χ4v) is 14.0. The Morgan fingerprint density at radius 2 is 0.574 bits per heavy atom. The van der Waals surface area contributed by atoms with Gasteiger partial charge in [-0.15, -0.1) is 0 Å². The molecule has 0 unspecified atom stereocenters. The predicted molar refractivity (Wildman–Crippen MR) is 296 cm³/mol. The van der Waals surface area contributed by atoms with Gasteiger partial charge in [0.1, 0.15) is 0 Å². The summed E-state index contributed by atoms with van der Waals surface area (Å²) in [5.41, 5.74) is 10.3. The molecule has 2 aromatic heterocycles. The summed E-state index contributed by atoms with van der Waals surface area (Å²) in [6.45, 7) is 0. The molecule has 4 heteroatoms. The minimum Gasteiger partial charge on any atom is -0.246 e. The zero-order chi connectivity index (χ0) is 45.5. The summed E-state index contributed by atoms with van der Waals surface area (Å²) in [7, 11) is -1.62. The third kappa shape index (κ3) is 9.01. The van der Waals surface area contributed by atoms with Gasteiger partial charge >= 0.3 is 0 Å². The molecule has 0 saturated carbocycles. The molecule has 0 aliphatic carbocycles. The first-order valence-corrected chi connectivity index (χ1v) is 25.7. The van der Waals surface area contributed by atoms with Crippen molar-refractivity contribution in [1.82, 2.24) is 9.97 Å². The standard InChI is InChI=1S/C64H46N2P2/c1-7-23-47(24-8-1)59-45-51(41-39-49-27-19-21-37-61(49)67(53-29-11-3-12-30-53)54-31-13-4-14-32-54)65-63-57(59)43-44-58-60(48-25-9-2-10-26-48)46-52(66-64(58)63)42-40-50-28-20-22-38-62(50)68(55-33-15-5-16-34-55)56-35-17-6-18-36-56/h1-46H. The number of nitrogens with zero attached hydrogens (tertiary/aromatic N) is 2. The van der Waals surface area contributed by atoms with Crippen molar-refractivity contribution in [1.29, 1.82) is 0 Å². The van der Waals surface area contributed by atoms with Crippen LogP contribution in [-0.4, -0.2) is 9.97 Å². The number of rotatable bonds is 12. The molecule has 0 bridgehead atoms. The van der Waals surface area contributed by atoms with Crippen LogP contribution in [-0.2, 0) is 0 Å². The van der Waals surface area contributed by atoms with Crippen LogP contribution in [0.2, 0.25) is 0 Å². The molecule has 2 heterocycles. The van der Waals surface area contributed by atoms with Gasteiger partial charge in [-0.25, -0.2) is 9.97 Å². The Kier molecular flexibility index (Phi) is 12.5. The molecular weight excluding hydrogens is 859 g/mol. The van der Waals surface area contributed by atoms with Crippen LogP contribution in [0.4, 0.5) is 0 Å². The molecule has 68 heavy (non-hydrogen) atoms. The highest BCUT2D eigenvalue weighted by Crippen LogP contribution is 2.39. The van der Waals surface area contributed by atoms with E-state index in [0.29, 0.717) is 0 Å². The van der Waals surface area contributed by atoms with Crippen molar-refractivity contribution < 1.29 is 0 Å². The summed E-state index contributed by atoms with van der Waals surface area (Å²) in [6.07, 6.45) is 8.87. The first-order valence-electron chi connectivity index (χ1n) is 23.0. The van der Waals surface area contributed by atoms with E-state index in [0.717, 1.165) is 55.4 Å². The van der Waals surface area contributed by atoms with Gasteiger partial charge in [-0.3, -0.25) is 0 Å². The summed E-state index contributed by atoms with van der Waals surface area (Å²) in [4.78, 5) is 11.1. The lowest BCUT2D eigenvalue weighted by molar-refractivity contribution is 1.34. The Labute approximate surface area is 401 Å². The van der Waals surface area contributed by atoms with E-state index < -0.39 is 15.8 Å². The molecule has 0 aliphatic heterocycles. The molecule has 9 aromatic carbocycles. The van der Waals surface area contributed by atoms with Crippen molar-refractivity contribution in [3.05, 3.63) is 277 Å². The van der Waals surface area contributed by atoms with Gasteiger partial charge < -0.3 is 0 Å². The summed E-state index contributed by atoms with van der Waals surface area (Å²) in [5, 5.41) is 10.0. The normalized spacial score (nSPS) is 11.7. The molecule has 0 amide bonds. The molecule has 0 spiro atoms. The molecule has 322 valence electrons. The lowest BCUT2D eigenvalue weighted by Gasteiger charge is -2.21. The molecule has 11 aromatic rings. The van der Waals surface area contributed by atoms with E-state index >= 15 is 0 Å². The van der Waals surface area contributed by atoms with Crippen molar-refractivity contribution >= 4 is 93.8 Å². The predicted octanol–water partition coefficient (Wildman–Crippen LogP) is 14.0. The van der Waals surface area contributed by atoms with E-state index in [2.05, 4.69) is 279 Å². The molecular formula is C64H46N2P2. The second kappa shape index (κ2) is 19.9. The van der Waals surface area contributed by atoms with Gasteiger partial charge in [0, 0.05) is 10.8 Å². The summed E-state index contributed by atoms with van der Waals surface area (Å²) in [5.74, 6) is 0. The Morgan fingerprint density at radius 1 is 0.279 bits per heavy atom. The number of pyridine rings is 2. The zero-order valence-electron chi connectivity index (χ0n) is 37.3. The van der Waals surface area contributed by atoms with E-state index in [1.54, 1.807) is 0 Å². The van der Waals surface area contributed by atoms with Gasteiger partial charge in [0.15, 0.2) is 0 Å². The number of hydrogen-bond donors (Lipinski definition) is 0. The average Bonchev–Trinajstić information content (AvgIpc) is 3.41. The molecule has 11 rings (SSSR count). The molecule has 0 atom stereocenters. The first-order chi connectivity index (χ1) is 33.7. The van der Waals surface area contributed by atoms with Crippen molar-refractivity contribution in [3.8, 4) is 22.3 Å². The molecule has 0 aliphatic rings. The Hall–Kier alpha value is -7.86. The van der Waals surface area contributed by atoms with Gasteiger partial charge in [-0.2, -0.15) is 0 Å². The number of hydrogen-bond acceptors (Lipinski definition) is 2. The van der Waals surface area contributed by atoms with Crippen LogP contribution in [0.1, 0.15) is 22.5 Å². The topological polar surface area (TPSA) is 25.8 Å². The third-order valence-electron chi connectivity index (χ3n) is 12.2. The van der Waals surface area contributed by atoms with Crippen molar-refractivity contribution in [3.63, 3.8) is 0 Å². The summed E-state index contributed by atoms with van der Waals surface area (Å²) < 4.78 is 0. The highest BCUT2D eigenvalue weighted by Gasteiger charge is 2.21. The van der Waals surface area contributed by atoms with Crippen LogP contribution in [0, 0.1) is 0 Å². The van der Waals surface area contributed by atoms with Crippen LogP contribution < -0.4 is 31.8 Å². The Bertz CT molecular complexity index is 3230. The summed E-state index contributed by atoms with van der Waals surface area (Å²) >= 11 is 0. The van der Waals surface area contributed by atoms with E-state index in [9.17, 15) is 0 Å². The third-order valence-corrected chi connectivity index (χ3v) is 17.3. The van der Waals surface area contributed by atoms with Crippen LogP contribution in [0.3, 0.4) is 0 Å². The first kappa shape index (κ1) is 42.8. The van der Waals surface area contributed by atoms with Crippen molar-refractivity contribution in [2.24, 2.45) is 0 Å². The van der Waals surface area contributed by atoms with Gasteiger partial charge in [-0.05, 0) is 105 Å². The van der Waals surface area contributed by atoms with Gasteiger partial charge in [0.05, 0.1) is 22.4 Å². The smallest absolute Gasteiger partial charge is 0.0978 e. The van der Waals surface area contributed by atoms with Gasteiger partial charge in [-0.1, -0.05) is 255 Å². The SMILES string of the molecule is C(=Cc1ccccc1P(c1ccccc1)c1ccccc1)c1cc(-c2ccccc2)c2ccc3c(-c4ccccc4)cc(C=Cc4ccccc4P(c4ccccc4)c4ccccc4)nc3c2n1. The van der Waals surface area contributed by atoms with Crippen LogP contribution in [0.15, 0.2) is 255 Å². The molecule has 0 fully saturated rings. The number of fused-ring (bicyclic) bond motifs is 3. The average molecular weight is 905 g/mol. The van der Waals surface area contributed by atoms with E-state index in [-0.39, 0.29) is 0 Å². The minimum absolute atomic E-state index is 0.809. The molecule has 2 nitrogen and oxygen atoms in total. The van der Waals surface area contributed by atoms with E-state index in [1.165, 1.54) is 43.0 Å². The lowest BCUT2D eigenvalue weighted by atomic mass is 9.95. The van der Waals surface area contributed by atoms with Crippen LogP contribution >= 0.6 is 15.8 Å². The second-order valence-corrected chi connectivity index (χ2v) is 20.9. The Morgan fingerprint density at radius 3 is 0.912 bits per heavy atom. The zero-order valence-corrected chi connectivity index (χ0v) is 39.1. The lowest BCUT2D eigenvalue weighted by Crippen LogP contribution is -2.22. The highest BCUT2D eigenvalue weighted by molar-refractivity contribution is 7.80. The van der Waals surface area contributed by atoms with Gasteiger partial charge in [0.25, 0.3) is 0 Å². The number of benzene rings is 9. The quantitative estimate of drug-likeness (QED) is 0.0902. The molecule has 0 N–H and O–H groups in total. The van der Waals surface area contributed by atoms with Crippen LogP contribution in [0.25, 0.3) is 68.4 Å². The maximum Gasteiger partial charge on any atom is 0.0978 e. The maximum absolute atomic E-state index is 5.53. The fraction of sp³-hybridized carbons (Fsp3) is 0. The van der Waals surface area contributed by atoms with Gasteiger partial charge in [0.2, 0.25) is 0 Å². The van der Waals surface area contributed by atoms with E-state index in [4.69, 9.17) is 9.97 Å². The van der Waals surface area contributed by atoms with E-state index in [1.807, 2.05) is 0 Å². The highest BCUT2D eigenvalue weighted by atomic mass is 31.1. The fourth-order valence-electron chi connectivity index (χ4n) is 9.08. The van der Waals surface area contributed by atoms with Crippen molar-refractivity contribution in [2.75, 3.05) is 0 Å². The molecule has 0 radical (unpaired) electrons. The molecule has 0 saturated heterocycles. The van der Waals surface area contributed by atoms with Crippen molar-refractivity contribution in [2.45, 2.75) is 0 Å². The van der Waals surface area contributed by atoms with Crippen LogP contribution in [0.5, 0.6) is 0 Å². The monoisotopic (exact) mass is 904 g/mol. The maximum atomic E-state index is 5.53.